The Labute approximate surface area is 99.6 Å². The van der Waals surface area contributed by atoms with Gasteiger partial charge in [-0.15, -0.1) is 0 Å². The van der Waals surface area contributed by atoms with Crippen LogP contribution < -0.4 is 5.73 Å². The first-order valence-electron chi connectivity index (χ1n) is 5.47. The van der Waals surface area contributed by atoms with Gasteiger partial charge in [-0.05, 0) is 24.1 Å². The van der Waals surface area contributed by atoms with Crippen LogP contribution in [0, 0.1) is 5.41 Å². The third kappa shape index (κ3) is 1.93. The molecule has 0 spiro atoms. The van der Waals surface area contributed by atoms with Crippen LogP contribution in [0.15, 0.2) is 18.3 Å². The fraction of sp³-hybridized carbons (Fsp3) is 0.417. The van der Waals surface area contributed by atoms with Crippen LogP contribution in [0.5, 0.6) is 0 Å². The number of hydrogen-bond acceptors (Lipinski definition) is 4. The van der Waals surface area contributed by atoms with E-state index < -0.39 is 0 Å². The zero-order chi connectivity index (χ0) is 12.6. The Bertz CT molecular complexity index is 447. The second kappa shape index (κ2) is 3.92. The first kappa shape index (κ1) is 11.7. The van der Waals surface area contributed by atoms with E-state index in [9.17, 15) is 9.59 Å². The molecule has 1 aromatic heterocycles. The predicted octanol–water partition coefficient (Wildman–Crippen LogP) is 0.662. The van der Waals surface area contributed by atoms with Gasteiger partial charge >= 0.3 is 0 Å². The van der Waals surface area contributed by atoms with E-state index in [2.05, 4.69) is 4.98 Å². The number of pyridine rings is 1. The summed E-state index contributed by atoms with van der Waals surface area (Å²) in [4.78, 5) is 29.2. The van der Waals surface area contributed by atoms with Gasteiger partial charge in [0.25, 0.3) is 11.8 Å². The molecule has 0 bridgehead atoms. The average Bonchev–Trinajstić information content (AvgIpc) is 2.55. The van der Waals surface area contributed by atoms with E-state index in [1.54, 1.807) is 12.1 Å². The van der Waals surface area contributed by atoms with Gasteiger partial charge in [-0.3, -0.25) is 19.5 Å². The van der Waals surface area contributed by atoms with E-state index in [1.807, 2.05) is 13.8 Å². The van der Waals surface area contributed by atoms with E-state index in [0.29, 0.717) is 18.7 Å². The smallest absolute Gasteiger partial charge is 0.280 e. The van der Waals surface area contributed by atoms with Gasteiger partial charge in [0, 0.05) is 12.7 Å². The van der Waals surface area contributed by atoms with Crippen LogP contribution >= 0.6 is 0 Å². The fourth-order valence-corrected chi connectivity index (χ4v) is 1.75. The largest absolute Gasteiger partial charge is 0.330 e. The first-order chi connectivity index (χ1) is 7.96. The summed E-state index contributed by atoms with van der Waals surface area (Å²) in [5, 5.41) is 0. The quantitative estimate of drug-likeness (QED) is 0.778. The van der Waals surface area contributed by atoms with Crippen molar-refractivity contribution in [1.82, 2.24) is 9.88 Å². The van der Waals surface area contributed by atoms with Crippen molar-refractivity contribution in [2.45, 2.75) is 13.8 Å². The number of hydrogen-bond donors (Lipinski definition) is 1. The van der Waals surface area contributed by atoms with E-state index in [0.717, 1.165) is 0 Å². The molecule has 2 rings (SSSR count). The highest BCUT2D eigenvalue weighted by molar-refractivity contribution is 6.20. The molecule has 0 atom stereocenters. The number of nitrogens with zero attached hydrogens (tertiary/aromatic N) is 2. The maximum Gasteiger partial charge on any atom is 0.280 e. The zero-order valence-corrected chi connectivity index (χ0v) is 9.93. The summed E-state index contributed by atoms with van der Waals surface area (Å²) in [5.74, 6) is -0.605. The highest BCUT2D eigenvalue weighted by Crippen LogP contribution is 2.24. The van der Waals surface area contributed by atoms with Crippen LogP contribution in [-0.2, 0) is 0 Å². The zero-order valence-electron chi connectivity index (χ0n) is 9.93. The summed E-state index contributed by atoms with van der Waals surface area (Å²) < 4.78 is 0. The Morgan fingerprint density at radius 1 is 1.35 bits per heavy atom. The van der Waals surface area contributed by atoms with E-state index in [1.165, 1.54) is 11.1 Å². The minimum Gasteiger partial charge on any atom is -0.330 e. The number of carbonyl (C=O) groups is 2. The summed E-state index contributed by atoms with van der Waals surface area (Å²) in [6, 6.07) is 3.28. The molecular weight excluding hydrogens is 218 g/mol. The van der Waals surface area contributed by atoms with Crippen LogP contribution in [0.2, 0.25) is 0 Å². The fourth-order valence-electron chi connectivity index (χ4n) is 1.75. The number of rotatable bonds is 3. The lowest BCUT2D eigenvalue weighted by Gasteiger charge is -2.27. The normalized spacial score (nSPS) is 15.4. The minimum atomic E-state index is -0.327. The van der Waals surface area contributed by atoms with Gasteiger partial charge < -0.3 is 5.73 Å². The molecule has 5 nitrogen and oxygen atoms in total. The topological polar surface area (TPSA) is 76.3 Å². The summed E-state index contributed by atoms with van der Waals surface area (Å²) in [5.41, 5.74) is 5.95. The summed E-state index contributed by atoms with van der Waals surface area (Å²) in [7, 11) is 0. The highest BCUT2D eigenvalue weighted by atomic mass is 16.2. The minimum absolute atomic E-state index is 0.241. The Balaban J connectivity index is 2.31. The van der Waals surface area contributed by atoms with Crippen molar-refractivity contribution >= 4 is 11.8 Å². The third-order valence-corrected chi connectivity index (χ3v) is 2.87. The number of carbonyl (C=O) groups excluding carboxylic acids is 2. The lowest BCUT2D eigenvalue weighted by molar-refractivity contribution is 0.0593. The second-order valence-electron chi connectivity index (χ2n) is 4.96. The maximum atomic E-state index is 12.0. The van der Waals surface area contributed by atoms with Gasteiger partial charge in [-0.2, -0.15) is 0 Å². The molecule has 17 heavy (non-hydrogen) atoms. The Hall–Kier alpha value is -1.75. The molecule has 1 aliphatic rings. The average molecular weight is 233 g/mol. The van der Waals surface area contributed by atoms with Gasteiger partial charge in [-0.25, -0.2) is 0 Å². The maximum absolute atomic E-state index is 12.0. The predicted molar refractivity (Wildman–Crippen MR) is 62.4 cm³/mol. The van der Waals surface area contributed by atoms with Gasteiger partial charge in [0.2, 0.25) is 0 Å². The number of amides is 2. The van der Waals surface area contributed by atoms with Gasteiger partial charge in [0.1, 0.15) is 5.69 Å². The monoisotopic (exact) mass is 233 g/mol. The van der Waals surface area contributed by atoms with Crippen molar-refractivity contribution < 1.29 is 9.59 Å². The van der Waals surface area contributed by atoms with Crippen LogP contribution in [0.1, 0.15) is 34.7 Å². The molecule has 0 aliphatic carbocycles. The molecule has 0 radical (unpaired) electrons. The van der Waals surface area contributed by atoms with Gasteiger partial charge in [-0.1, -0.05) is 13.8 Å². The molecule has 0 saturated carbocycles. The molecule has 0 fully saturated rings. The van der Waals surface area contributed by atoms with Crippen LogP contribution in [0.25, 0.3) is 0 Å². The molecule has 5 heteroatoms. The molecule has 2 N–H and O–H groups in total. The van der Waals surface area contributed by atoms with Crippen LogP contribution in [0.3, 0.4) is 0 Å². The SMILES string of the molecule is CC(C)(CN)CN1C(=O)c2cccnc2C1=O. The second-order valence-corrected chi connectivity index (χ2v) is 4.96. The molecule has 0 aromatic carbocycles. The number of fused-ring (bicyclic) bond motifs is 1. The molecule has 2 amide bonds. The van der Waals surface area contributed by atoms with Crippen LogP contribution in [-0.4, -0.2) is 34.8 Å². The van der Waals surface area contributed by atoms with Crippen molar-refractivity contribution in [1.29, 1.82) is 0 Å². The lowest BCUT2D eigenvalue weighted by atomic mass is 9.93. The van der Waals surface area contributed by atoms with E-state index in [-0.39, 0.29) is 22.9 Å². The highest BCUT2D eigenvalue weighted by Gasteiger charge is 2.38. The van der Waals surface area contributed by atoms with Crippen molar-refractivity contribution in [3.05, 3.63) is 29.6 Å². The van der Waals surface area contributed by atoms with Crippen molar-refractivity contribution in [2.24, 2.45) is 11.1 Å². The standard InChI is InChI=1S/C12H15N3O2/c1-12(2,6-13)7-15-10(16)8-4-3-5-14-9(8)11(15)17/h3-5H,6-7,13H2,1-2H3. The van der Waals surface area contributed by atoms with Crippen molar-refractivity contribution in [3.63, 3.8) is 0 Å². The van der Waals surface area contributed by atoms with Gasteiger partial charge in [0.05, 0.1) is 5.56 Å². The Morgan fingerprint density at radius 2 is 2.06 bits per heavy atom. The number of nitrogens with two attached hydrogens (primary N) is 1. The van der Waals surface area contributed by atoms with E-state index in [4.69, 9.17) is 5.73 Å². The summed E-state index contributed by atoms with van der Waals surface area (Å²) in [6.07, 6.45) is 1.52. The third-order valence-electron chi connectivity index (χ3n) is 2.87. The summed E-state index contributed by atoms with van der Waals surface area (Å²) >= 11 is 0. The first-order valence-corrected chi connectivity index (χ1v) is 5.47. The molecule has 1 aliphatic heterocycles. The van der Waals surface area contributed by atoms with Crippen molar-refractivity contribution in [3.8, 4) is 0 Å². The molecule has 90 valence electrons. The van der Waals surface area contributed by atoms with Crippen LogP contribution in [0.4, 0.5) is 0 Å². The molecule has 2 heterocycles. The van der Waals surface area contributed by atoms with Gasteiger partial charge in [0.15, 0.2) is 0 Å². The molecule has 0 unspecified atom stereocenters. The molecular formula is C12H15N3O2. The molecule has 1 aromatic rings. The molecule has 0 saturated heterocycles. The Morgan fingerprint density at radius 3 is 2.65 bits per heavy atom. The Kier molecular flexibility index (Phi) is 2.71. The lowest BCUT2D eigenvalue weighted by Crippen LogP contribution is -2.41. The summed E-state index contributed by atoms with van der Waals surface area (Å²) in [6.45, 7) is 4.57. The number of imide groups is 1. The number of aromatic nitrogens is 1. The van der Waals surface area contributed by atoms with E-state index >= 15 is 0 Å². The van der Waals surface area contributed by atoms with Crippen molar-refractivity contribution in [2.75, 3.05) is 13.1 Å².